The van der Waals surface area contributed by atoms with E-state index in [9.17, 15) is 0 Å². The number of hydrogen-bond donors (Lipinski definition) is 1. The second-order valence-electron chi connectivity index (χ2n) is 5.05. The Kier molecular flexibility index (Phi) is 3.76. The Bertz CT molecular complexity index is 747. The minimum absolute atomic E-state index is 0.0851. The van der Waals surface area contributed by atoms with Gasteiger partial charge in [-0.05, 0) is 69.1 Å². The number of halogens is 1. The summed E-state index contributed by atoms with van der Waals surface area (Å²) in [7, 11) is 0. The van der Waals surface area contributed by atoms with Gasteiger partial charge in [0.15, 0.2) is 0 Å². The van der Waals surface area contributed by atoms with Crippen LogP contribution in [0.5, 0.6) is 0 Å². The lowest BCUT2D eigenvalue weighted by molar-refractivity contribution is 0.871. The zero-order chi connectivity index (χ0) is 14.1. The highest BCUT2D eigenvalue weighted by molar-refractivity contribution is 14.1. The first-order valence-corrected chi connectivity index (χ1v) is 7.74. The number of fused-ring (bicyclic) bond motifs is 1. The van der Waals surface area contributed by atoms with Crippen LogP contribution in [-0.4, -0.2) is 0 Å². The molecule has 0 aromatic heterocycles. The molecule has 20 heavy (non-hydrogen) atoms. The van der Waals surface area contributed by atoms with Crippen LogP contribution in [0.3, 0.4) is 0 Å². The topological polar surface area (TPSA) is 26.0 Å². The van der Waals surface area contributed by atoms with E-state index in [1.165, 1.54) is 25.5 Å². The SMILES string of the molecule is Cc1ccc2ccccc2c1C(N)c1ccc(I)cc1. The molecule has 0 aliphatic carbocycles. The van der Waals surface area contributed by atoms with Crippen molar-refractivity contribution >= 4 is 33.4 Å². The van der Waals surface area contributed by atoms with Crippen LogP contribution in [0.1, 0.15) is 22.7 Å². The van der Waals surface area contributed by atoms with Crippen LogP contribution in [0.2, 0.25) is 0 Å². The number of aryl methyl sites for hydroxylation is 1. The van der Waals surface area contributed by atoms with Crippen molar-refractivity contribution in [3.63, 3.8) is 0 Å². The van der Waals surface area contributed by atoms with Gasteiger partial charge in [-0.1, -0.05) is 48.5 Å². The summed E-state index contributed by atoms with van der Waals surface area (Å²) in [5.41, 5.74) is 10.2. The quantitative estimate of drug-likeness (QED) is 0.642. The average Bonchev–Trinajstić information content (AvgIpc) is 2.47. The van der Waals surface area contributed by atoms with Gasteiger partial charge in [0.2, 0.25) is 0 Å². The van der Waals surface area contributed by atoms with E-state index in [1.54, 1.807) is 0 Å². The summed E-state index contributed by atoms with van der Waals surface area (Å²) < 4.78 is 1.23. The van der Waals surface area contributed by atoms with Crippen molar-refractivity contribution in [2.75, 3.05) is 0 Å². The molecular formula is C18H16IN. The molecule has 3 aromatic rings. The summed E-state index contributed by atoms with van der Waals surface area (Å²) in [5.74, 6) is 0. The van der Waals surface area contributed by atoms with Crippen LogP contribution in [0.15, 0.2) is 60.7 Å². The lowest BCUT2D eigenvalue weighted by Gasteiger charge is -2.18. The van der Waals surface area contributed by atoms with Crippen molar-refractivity contribution in [1.29, 1.82) is 0 Å². The minimum atomic E-state index is -0.0851. The van der Waals surface area contributed by atoms with Gasteiger partial charge in [-0.15, -0.1) is 0 Å². The van der Waals surface area contributed by atoms with Crippen LogP contribution in [0, 0.1) is 10.5 Å². The number of nitrogens with two attached hydrogens (primary N) is 1. The molecule has 3 rings (SSSR count). The van der Waals surface area contributed by atoms with Gasteiger partial charge in [-0.3, -0.25) is 0 Å². The van der Waals surface area contributed by atoms with E-state index in [2.05, 4.69) is 90.2 Å². The van der Waals surface area contributed by atoms with Gasteiger partial charge in [0, 0.05) is 3.57 Å². The fourth-order valence-corrected chi connectivity index (χ4v) is 3.01. The Morgan fingerprint density at radius 3 is 2.35 bits per heavy atom. The van der Waals surface area contributed by atoms with Crippen molar-refractivity contribution in [2.45, 2.75) is 13.0 Å². The van der Waals surface area contributed by atoms with Crippen molar-refractivity contribution < 1.29 is 0 Å². The first-order valence-electron chi connectivity index (χ1n) is 6.66. The first-order chi connectivity index (χ1) is 9.66. The normalized spacial score (nSPS) is 12.6. The lowest BCUT2D eigenvalue weighted by Crippen LogP contribution is -2.13. The van der Waals surface area contributed by atoms with E-state index >= 15 is 0 Å². The summed E-state index contributed by atoms with van der Waals surface area (Å²) >= 11 is 2.31. The predicted octanol–water partition coefficient (Wildman–Crippen LogP) is 4.80. The number of rotatable bonds is 2. The van der Waals surface area contributed by atoms with Gasteiger partial charge in [-0.2, -0.15) is 0 Å². The molecule has 0 amide bonds. The maximum Gasteiger partial charge on any atom is 0.0560 e. The first kappa shape index (κ1) is 13.6. The summed E-state index contributed by atoms with van der Waals surface area (Å²) in [6.45, 7) is 2.13. The Hall–Kier alpha value is -1.39. The molecule has 0 bridgehead atoms. The van der Waals surface area contributed by atoms with Crippen molar-refractivity contribution in [3.05, 3.63) is 80.9 Å². The van der Waals surface area contributed by atoms with Gasteiger partial charge in [0.05, 0.1) is 6.04 Å². The van der Waals surface area contributed by atoms with Gasteiger partial charge < -0.3 is 5.73 Å². The monoisotopic (exact) mass is 373 g/mol. The molecule has 1 unspecified atom stereocenters. The maximum absolute atomic E-state index is 6.53. The van der Waals surface area contributed by atoms with Gasteiger partial charge >= 0.3 is 0 Å². The lowest BCUT2D eigenvalue weighted by atomic mass is 9.91. The van der Waals surface area contributed by atoms with E-state index < -0.39 is 0 Å². The van der Waals surface area contributed by atoms with Crippen LogP contribution < -0.4 is 5.73 Å². The molecule has 0 heterocycles. The van der Waals surface area contributed by atoms with Crippen molar-refractivity contribution in [3.8, 4) is 0 Å². The Labute approximate surface area is 133 Å². The van der Waals surface area contributed by atoms with Crippen LogP contribution in [0.4, 0.5) is 0 Å². The van der Waals surface area contributed by atoms with Gasteiger partial charge in [0.1, 0.15) is 0 Å². The van der Waals surface area contributed by atoms with Crippen LogP contribution >= 0.6 is 22.6 Å². The van der Waals surface area contributed by atoms with E-state index in [1.807, 2.05) is 0 Å². The number of hydrogen-bond acceptors (Lipinski definition) is 1. The summed E-state index contributed by atoms with van der Waals surface area (Å²) in [6.07, 6.45) is 0. The third-order valence-corrected chi connectivity index (χ3v) is 4.45. The zero-order valence-electron chi connectivity index (χ0n) is 11.3. The smallest absolute Gasteiger partial charge is 0.0560 e. The molecule has 0 aliphatic heterocycles. The highest BCUT2D eigenvalue weighted by Crippen LogP contribution is 2.30. The molecule has 3 aromatic carbocycles. The third-order valence-electron chi connectivity index (χ3n) is 3.73. The summed E-state index contributed by atoms with van der Waals surface area (Å²) in [6, 6.07) is 21.1. The molecule has 2 heteroatoms. The molecule has 0 aliphatic rings. The fourth-order valence-electron chi connectivity index (χ4n) is 2.65. The Morgan fingerprint density at radius 2 is 1.60 bits per heavy atom. The number of benzene rings is 3. The van der Waals surface area contributed by atoms with Gasteiger partial charge in [-0.25, -0.2) is 0 Å². The van der Waals surface area contributed by atoms with Gasteiger partial charge in [0.25, 0.3) is 0 Å². The molecule has 0 fully saturated rings. The fraction of sp³-hybridized carbons (Fsp3) is 0.111. The second kappa shape index (κ2) is 5.54. The average molecular weight is 373 g/mol. The summed E-state index contributed by atoms with van der Waals surface area (Å²) in [4.78, 5) is 0. The standard InChI is InChI=1S/C18H16IN/c1-12-6-7-13-4-2-3-5-16(13)17(12)18(20)14-8-10-15(19)11-9-14/h2-11,18H,20H2,1H3. The van der Waals surface area contributed by atoms with E-state index in [0.29, 0.717) is 0 Å². The summed E-state index contributed by atoms with van der Waals surface area (Å²) in [5, 5.41) is 2.49. The zero-order valence-corrected chi connectivity index (χ0v) is 13.5. The highest BCUT2D eigenvalue weighted by atomic mass is 127. The molecule has 0 spiro atoms. The molecule has 0 saturated carbocycles. The molecule has 1 atom stereocenters. The molecule has 0 saturated heterocycles. The van der Waals surface area contributed by atoms with Crippen LogP contribution in [0.25, 0.3) is 10.8 Å². The van der Waals surface area contributed by atoms with E-state index in [-0.39, 0.29) is 6.04 Å². The van der Waals surface area contributed by atoms with E-state index in [0.717, 1.165) is 5.56 Å². The molecule has 0 radical (unpaired) electrons. The third kappa shape index (κ3) is 2.45. The second-order valence-corrected chi connectivity index (χ2v) is 6.29. The highest BCUT2D eigenvalue weighted by Gasteiger charge is 2.14. The maximum atomic E-state index is 6.53. The minimum Gasteiger partial charge on any atom is -0.320 e. The van der Waals surface area contributed by atoms with Crippen molar-refractivity contribution in [2.24, 2.45) is 5.73 Å². The molecule has 100 valence electrons. The van der Waals surface area contributed by atoms with E-state index in [4.69, 9.17) is 5.73 Å². The molecular weight excluding hydrogens is 357 g/mol. The predicted molar refractivity (Wildman–Crippen MR) is 93.9 cm³/mol. The Balaban J connectivity index is 2.18. The molecule has 1 nitrogen and oxygen atoms in total. The Morgan fingerprint density at radius 1 is 0.900 bits per heavy atom. The largest absolute Gasteiger partial charge is 0.320 e. The van der Waals surface area contributed by atoms with Crippen molar-refractivity contribution in [1.82, 2.24) is 0 Å². The molecule has 2 N–H and O–H groups in total. The van der Waals surface area contributed by atoms with Crippen LogP contribution in [-0.2, 0) is 0 Å².